The number of aldehydes is 1. The van der Waals surface area contributed by atoms with Crippen molar-refractivity contribution >= 4 is 17.2 Å². The molecule has 0 unspecified atom stereocenters. The van der Waals surface area contributed by atoms with Crippen LogP contribution in [0.3, 0.4) is 0 Å². The number of hydrogen-bond donors (Lipinski definition) is 0. The van der Waals surface area contributed by atoms with Crippen molar-refractivity contribution in [1.82, 2.24) is 4.98 Å². The van der Waals surface area contributed by atoms with Crippen LogP contribution in [-0.4, -0.2) is 11.3 Å². The van der Waals surface area contributed by atoms with E-state index in [2.05, 4.69) is 4.98 Å². The van der Waals surface area contributed by atoms with E-state index in [1.165, 1.54) is 12.3 Å². The van der Waals surface area contributed by atoms with Gasteiger partial charge in [-0.1, -0.05) is 32.9 Å². The first-order valence-corrected chi connectivity index (χ1v) is 6.11. The van der Waals surface area contributed by atoms with E-state index in [0.717, 1.165) is 6.07 Å². The summed E-state index contributed by atoms with van der Waals surface area (Å²) in [5.41, 5.74) is -0.442. The predicted octanol–water partition coefficient (Wildman–Crippen LogP) is 4.36. The van der Waals surface area contributed by atoms with Crippen molar-refractivity contribution < 1.29 is 18.0 Å². The Bertz CT molecular complexity index is 669. The molecule has 0 saturated carbocycles. The number of aromatic nitrogens is 1. The minimum atomic E-state index is -4.47. The molecule has 0 aliphatic rings. The maximum absolute atomic E-state index is 13.0. The Balaban J connectivity index is 2.94. The third-order valence-corrected chi connectivity index (χ3v) is 3.11. The van der Waals surface area contributed by atoms with Gasteiger partial charge in [-0.15, -0.1) is 0 Å². The Morgan fingerprint density at radius 3 is 2.30 bits per heavy atom. The highest BCUT2D eigenvalue weighted by atomic mass is 19.4. The van der Waals surface area contributed by atoms with E-state index < -0.39 is 17.2 Å². The van der Waals surface area contributed by atoms with Crippen molar-refractivity contribution in [3.05, 3.63) is 41.1 Å². The predicted molar refractivity (Wildman–Crippen MR) is 70.8 cm³/mol. The van der Waals surface area contributed by atoms with E-state index in [9.17, 15) is 18.0 Å². The minimum absolute atomic E-state index is 0.115. The van der Waals surface area contributed by atoms with Gasteiger partial charge in [0.25, 0.3) is 0 Å². The molecule has 0 fully saturated rings. The molecule has 1 aromatic heterocycles. The molecule has 0 atom stereocenters. The summed E-state index contributed by atoms with van der Waals surface area (Å²) in [5.74, 6) is 0. The number of benzene rings is 1. The summed E-state index contributed by atoms with van der Waals surface area (Å²) in [6.07, 6.45) is -2.62. The molecular weight excluding hydrogens is 267 g/mol. The highest BCUT2D eigenvalue weighted by Gasteiger charge is 2.34. The maximum Gasteiger partial charge on any atom is 0.418 e. The van der Waals surface area contributed by atoms with Crippen molar-refractivity contribution in [3.63, 3.8) is 0 Å². The normalized spacial score (nSPS) is 12.7. The molecule has 0 radical (unpaired) electrons. The fourth-order valence-electron chi connectivity index (χ4n) is 2.39. The Morgan fingerprint density at radius 2 is 1.80 bits per heavy atom. The monoisotopic (exact) mass is 281 g/mol. The molecule has 2 nitrogen and oxygen atoms in total. The molecule has 0 bridgehead atoms. The fraction of sp³-hybridized carbons (Fsp3) is 0.333. The lowest BCUT2D eigenvalue weighted by atomic mass is 9.82. The summed E-state index contributed by atoms with van der Waals surface area (Å²) in [4.78, 5) is 15.0. The largest absolute Gasteiger partial charge is 0.418 e. The molecule has 1 aromatic carbocycles. The van der Waals surface area contributed by atoms with Gasteiger partial charge in [0, 0.05) is 17.1 Å². The quantitative estimate of drug-likeness (QED) is 0.727. The van der Waals surface area contributed by atoms with Gasteiger partial charge in [0.2, 0.25) is 0 Å². The molecule has 2 aromatic rings. The molecular formula is C15H14F3NO. The molecule has 1 heterocycles. The Kier molecular flexibility index (Phi) is 3.32. The van der Waals surface area contributed by atoms with Gasteiger partial charge in [0.05, 0.1) is 11.1 Å². The second kappa shape index (κ2) is 4.58. The van der Waals surface area contributed by atoms with Crippen LogP contribution in [-0.2, 0) is 11.6 Å². The number of fused-ring (bicyclic) bond motifs is 1. The van der Waals surface area contributed by atoms with Crippen LogP contribution in [0, 0.1) is 0 Å². The van der Waals surface area contributed by atoms with Crippen LogP contribution >= 0.6 is 0 Å². The van der Waals surface area contributed by atoms with Crippen molar-refractivity contribution in [2.24, 2.45) is 0 Å². The first-order chi connectivity index (χ1) is 9.16. The molecule has 0 amide bonds. The standard InChI is InChI=1S/C15H14F3NO/c1-14(2,3)12-9(8-20)7-19-13-10(12)5-4-6-11(13)15(16,17)18/h4-8H,1-3H3. The van der Waals surface area contributed by atoms with E-state index in [1.54, 1.807) is 6.07 Å². The second-order valence-electron chi connectivity index (χ2n) is 5.66. The van der Waals surface area contributed by atoms with Crippen molar-refractivity contribution in [2.75, 3.05) is 0 Å². The number of carbonyl (C=O) groups excluding carboxylic acids is 1. The van der Waals surface area contributed by atoms with Crippen molar-refractivity contribution in [1.29, 1.82) is 0 Å². The number of carbonyl (C=O) groups is 1. The van der Waals surface area contributed by atoms with Gasteiger partial charge in [-0.2, -0.15) is 13.2 Å². The SMILES string of the molecule is CC(C)(C)c1c(C=O)cnc2c(C(F)(F)F)cccc12. The van der Waals surface area contributed by atoms with E-state index in [0.29, 0.717) is 22.8 Å². The van der Waals surface area contributed by atoms with Gasteiger partial charge in [0.15, 0.2) is 6.29 Å². The lowest BCUT2D eigenvalue weighted by molar-refractivity contribution is -0.136. The molecule has 0 spiro atoms. The van der Waals surface area contributed by atoms with Crippen LogP contribution in [0.25, 0.3) is 10.9 Å². The van der Waals surface area contributed by atoms with Crippen LogP contribution in [0.2, 0.25) is 0 Å². The highest BCUT2D eigenvalue weighted by molar-refractivity contribution is 5.93. The lowest BCUT2D eigenvalue weighted by Gasteiger charge is -2.23. The summed E-state index contributed by atoms with van der Waals surface area (Å²) in [5, 5.41) is 0.372. The molecule has 20 heavy (non-hydrogen) atoms. The number of pyridine rings is 1. The summed E-state index contributed by atoms with van der Waals surface area (Å²) >= 11 is 0. The van der Waals surface area contributed by atoms with Crippen LogP contribution in [0.5, 0.6) is 0 Å². The van der Waals surface area contributed by atoms with Gasteiger partial charge in [-0.25, -0.2) is 0 Å². The van der Waals surface area contributed by atoms with Crippen LogP contribution < -0.4 is 0 Å². The summed E-state index contributed by atoms with van der Waals surface area (Å²) in [6.45, 7) is 5.57. The molecule has 0 N–H and O–H groups in total. The number of halogens is 3. The average Bonchev–Trinajstić information content (AvgIpc) is 2.34. The number of nitrogens with zero attached hydrogens (tertiary/aromatic N) is 1. The zero-order valence-electron chi connectivity index (χ0n) is 11.4. The Morgan fingerprint density at radius 1 is 1.15 bits per heavy atom. The van der Waals surface area contributed by atoms with Crippen molar-refractivity contribution in [3.8, 4) is 0 Å². The highest BCUT2D eigenvalue weighted by Crippen LogP contribution is 2.38. The molecule has 0 aliphatic carbocycles. The van der Waals surface area contributed by atoms with E-state index in [1.807, 2.05) is 20.8 Å². The van der Waals surface area contributed by atoms with E-state index in [-0.39, 0.29) is 5.52 Å². The van der Waals surface area contributed by atoms with E-state index >= 15 is 0 Å². The van der Waals surface area contributed by atoms with Crippen LogP contribution in [0.15, 0.2) is 24.4 Å². The zero-order valence-corrected chi connectivity index (χ0v) is 11.4. The minimum Gasteiger partial charge on any atom is -0.298 e. The Hall–Kier alpha value is -1.91. The van der Waals surface area contributed by atoms with Gasteiger partial charge in [-0.05, 0) is 17.0 Å². The topological polar surface area (TPSA) is 30.0 Å². The average molecular weight is 281 g/mol. The van der Waals surface area contributed by atoms with Gasteiger partial charge >= 0.3 is 6.18 Å². The third kappa shape index (κ3) is 2.40. The number of alkyl halides is 3. The van der Waals surface area contributed by atoms with E-state index in [4.69, 9.17) is 0 Å². The molecule has 106 valence electrons. The first kappa shape index (κ1) is 14.5. The van der Waals surface area contributed by atoms with Crippen molar-refractivity contribution in [2.45, 2.75) is 32.4 Å². The lowest BCUT2D eigenvalue weighted by Crippen LogP contribution is -2.16. The van der Waals surface area contributed by atoms with Crippen LogP contribution in [0.4, 0.5) is 13.2 Å². The number of para-hydroxylation sites is 1. The molecule has 0 saturated heterocycles. The number of hydrogen-bond acceptors (Lipinski definition) is 2. The fourth-order valence-corrected chi connectivity index (χ4v) is 2.39. The van der Waals surface area contributed by atoms with Gasteiger partial charge in [0.1, 0.15) is 0 Å². The summed E-state index contributed by atoms with van der Waals surface area (Å²) in [7, 11) is 0. The third-order valence-electron chi connectivity index (χ3n) is 3.11. The van der Waals surface area contributed by atoms with Gasteiger partial charge < -0.3 is 0 Å². The zero-order chi connectivity index (χ0) is 15.1. The molecule has 5 heteroatoms. The summed E-state index contributed by atoms with van der Waals surface area (Å²) < 4.78 is 39.1. The summed E-state index contributed by atoms with van der Waals surface area (Å²) in [6, 6.07) is 3.92. The van der Waals surface area contributed by atoms with Gasteiger partial charge in [-0.3, -0.25) is 9.78 Å². The van der Waals surface area contributed by atoms with Crippen LogP contribution in [0.1, 0.15) is 42.3 Å². The number of rotatable bonds is 1. The second-order valence-corrected chi connectivity index (χ2v) is 5.66. The molecule has 2 rings (SSSR count). The Labute approximate surface area is 114 Å². The first-order valence-electron chi connectivity index (χ1n) is 6.11. The smallest absolute Gasteiger partial charge is 0.298 e. The molecule has 0 aliphatic heterocycles. The maximum atomic E-state index is 13.0.